The van der Waals surface area contributed by atoms with Gasteiger partial charge in [0.25, 0.3) is 0 Å². The third-order valence-electron chi connectivity index (χ3n) is 2.07. The van der Waals surface area contributed by atoms with Crippen LogP contribution in [0.2, 0.25) is 0 Å². The van der Waals surface area contributed by atoms with E-state index in [-0.39, 0.29) is 0 Å². The first-order valence-corrected chi connectivity index (χ1v) is 7.47. The lowest BCUT2D eigenvalue weighted by Gasteiger charge is -1.90. The van der Waals surface area contributed by atoms with E-state index >= 15 is 0 Å². The lowest BCUT2D eigenvalue weighted by atomic mass is 10.2. The summed E-state index contributed by atoms with van der Waals surface area (Å²) in [6.07, 6.45) is 0. The minimum absolute atomic E-state index is 0.829. The number of nitrogens with zero attached hydrogens (tertiary/aromatic N) is 1. The van der Waals surface area contributed by atoms with Crippen molar-refractivity contribution in [1.82, 2.24) is 0 Å². The first-order chi connectivity index (χ1) is 10.2. The fourth-order valence-electron chi connectivity index (χ4n) is 1.20. The second kappa shape index (κ2) is 15.9. The molecule has 116 valence electrons. The van der Waals surface area contributed by atoms with Crippen LogP contribution in [0.15, 0.2) is 59.7 Å². The van der Waals surface area contributed by atoms with Crippen molar-refractivity contribution in [3.05, 3.63) is 60.2 Å². The van der Waals surface area contributed by atoms with E-state index in [0.29, 0.717) is 0 Å². The summed E-state index contributed by atoms with van der Waals surface area (Å²) in [5.41, 5.74) is 8.46. The number of aryl methyl sites for hydroxylation is 1. The highest BCUT2D eigenvalue weighted by atomic mass is 15.1. The van der Waals surface area contributed by atoms with E-state index in [0.717, 1.165) is 11.4 Å². The predicted molar refractivity (Wildman–Crippen MR) is 93.7 cm³/mol. The third-order valence-corrected chi connectivity index (χ3v) is 2.07. The quantitative estimate of drug-likeness (QED) is 0.602. The average Bonchev–Trinajstić information content (AvgIpc) is 2.56. The maximum Gasteiger partial charge on any atom is 0.156 e. The fourth-order valence-corrected chi connectivity index (χ4v) is 1.20. The van der Waals surface area contributed by atoms with Crippen LogP contribution in [-0.4, -0.2) is 7.05 Å². The third kappa shape index (κ3) is 12.6. The van der Waals surface area contributed by atoms with Gasteiger partial charge in [0.15, 0.2) is 7.05 Å². The molecule has 0 aromatic heterocycles. The number of anilines is 1. The molecule has 21 heavy (non-hydrogen) atoms. The Labute approximate surface area is 129 Å². The van der Waals surface area contributed by atoms with Gasteiger partial charge in [0.1, 0.15) is 5.69 Å². The highest BCUT2D eigenvalue weighted by molar-refractivity contribution is 5.38. The molecule has 0 fully saturated rings. The summed E-state index contributed by atoms with van der Waals surface area (Å²) in [6.45, 7) is 10.0. The molecule has 0 radical (unpaired) electrons. The van der Waals surface area contributed by atoms with Crippen LogP contribution < -0.4 is 10.8 Å². The van der Waals surface area contributed by atoms with Gasteiger partial charge in [-0.15, -0.1) is 5.11 Å². The molecule has 3 N–H and O–H groups in total. The highest BCUT2D eigenvalue weighted by Gasteiger charge is 1.84. The number of para-hydroxylation sites is 1. The van der Waals surface area contributed by atoms with E-state index in [1.54, 1.807) is 7.05 Å². The Kier molecular flexibility index (Phi) is 16.0. The molecule has 2 rings (SSSR count). The summed E-state index contributed by atoms with van der Waals surface area (Å²) in [6, 6.07) is 17.5. The molecule has 0 atom stereocenters. The second-order valence-corrected chi connectivity index (χ2v) is 3.58. The van der Waals surface area contributed by atoms with Gasteiger partial charge >= 0.3 is 0 Å². The predicted octanol–water partition coefficient (Wildman–Crippen LogP) is 4.11. The maximum absolute atomic E-state index is 5.43. The Morgan fingerprint density at radius 1 is 0.810 bits per heavy atom. The molecule has 2 aromatic carbocycles. The number of hydrogen-bond acceptors (Lipinski definition) is 2. The zero-order valence-electron chi connectivity index (χ0n) is 14.2. The number of nitrogens with one attached hydrogen (secondary N) is 1. The number of hydrogen-bond donors (Lipinski definition) is 2. The van der Waals surface area contributed by atoms with Gasteiger partial charge in [-0.25, -0.2) is 0 Å². The summed E-state index contributed by atoms with van der Waals surface area (Å²) in [5.74, 6) is 0. The Morgan fingerprint density at radius 2 is 1.29 bits per heavy atom. The van der Waals surface area contributed by atoms with Crippen LogP contribution in [0.5, 0.6) is 0 Å². The van der Waals surface area contributed by atoms with E-state index in [9.17, 15) is 0 Å². The number of rotatable bonds is 1. The Morgan fingerprint density at radius 3 is 1.67 bits per heavy atom. The van der Waals surface area contributed by atoms with Crippen molar-refractivity contribution in [2.45, 2.75) is 34.6 Å². The van der Waals surface area contributed by atoms with Crippen molar-refractivity contribution >= 4 is 11.4 Å². The molecule has 0 bridgehead atoms. The van der Waals surface area contributed by atoms with E-state index in [1.807, 2.05) is 89.2 Å². The average molecular weight is 288 g/mol. The summed E-state index contributed by atoms with van der Waals surface area (Å²) in [7, 11) is 1.78. The van der Waals surface area contributed by atoms with E-state index in [2.05, 4.69) is 10.2 Å². The number of nitrogens with two attached hydrogens (primary N) is 1. The van der Waals surface area contributed by atoms with Gasteiger partial charge in [-0.2, -0.15) is 0 Å². The van der Waals surface area contributed by atoms with Gasteiger partial charge in [0.2, 0.25) is 0 Å². The molecular weight excluding hydrogens is 258 g/mol. The molecule has 0 unspecified atom stereocenters. The first-order valence-electron chi connectivity index (χ1n) is 7.47. The van der Waals surface area contributed by atoms with Crippen LogP contribution in [0.3, 0.4) is 0 Å². The lowest BCUT2D eigenvalue weighted by Crippen LogP contribution is -2.58. The first kappa shape index (κ1) is 21.1. The summed E-state index contributed by atoms with van der Waals surface area (Å²) in [4.78, 5) is 0. The van der Waals surface area contributed by atoms with E-state index in [1.165, 1.54) is 5.56 Å². The Bertz CT molecular complexity index is 427. The van der Waals surface area contributed by atoms with Gasteiger partial charge in [-0.1, -0.05) is 63.6 Å². The molecule has 0 amide bonds. The number of benzene rings is 2. The van der Waals surface area contributed by atoms with Gasteiger partial charge in [-0.05, 0) is 36.3 Å². The maximum atomic E-state index is 5.43. The molecule has 0 aliphatic rings. The zero-order valence-corrected chi connectivity index (χ0v) is 14.2. The van der Waals surface area contributed by atoms with Crippen LogP contribution >= 0.6 is 0 Å². The molecule has 0 aliphatic heterocycles. The lowest BCUT2D eigenvalue weighted by molar-refractivity contribution is -0.494. The molecule has 0 heterocycles. The summed E-state index contributed by atoms with van der Waals surface area (Å²) < 4.78 is 0. The molecule has 0 spiro atoms. The minimum atomic E-state index is 0.829. The van der Waals surface area contributed by atoms with E-state index < -0.39 is 0 Å². The topological polar surface area (TPSA) is 52.3 Å². The monoisotopic (exact) mass is 288 g/mol. The van der Waals surface area contributed by atoms with Crippen LogP contribution in [-0.2, 0) is 0 Å². The van der Waals surface area contributed by atoms with Crippen molar-refractivity contribution in [2.24, 2.45) is 5.11 Å². The molecule has 2 aromatic rings. The summed E-state index contributed by atoms with van der Waals surface area (Å²) in [5, 5.41) is 6.67. The van der Waals surface area contributed by atoms with Crippen molar-refractivity contribution in [1.29, 1.82) is 0 Å². The normalized spacial score (nSPS) is 8.48. The van der Waals surface area contributed by atoms with Gasteiger partial charge in [-0.3, -0.25) is 0 Å². The standard InChI is InChI=1S/C7H8N2.C7H9N.2C2H6/c1-8-9-7-5-3-2-4-6-7;1-6-2-4-7(8)5-3-6;2*1-2/h2-6H,1H3;2-5H,8H2,1H3;2*1-2H3/p+1. The van der Waals surface area contributed by atoms with E-state index in [4.69, 9.17) is 5.73 Å². The number of azo groups is 1. The Hall–Kier alpha value is -2.16. The molecule has 0 saturated heterocycles. The number of nitrogen functional groups attached to an aromatic ring is 1. The smallest absolute Gasteiger partial charge is 0.156 e. The van der Waals surface area contributed by atoms with Crippen molar-refractivity contribution in [3.63, 3.8) is 0 Å². The minimum Gasteiger partial charge on any atom is -0.399 e. The highest BCUT2D eigenvalue weighted by Crippen LogP contribution is 2.05. The largest absolute Gasteiger partial charge is 0.399 e. The van der Waals surface area contributed by atoms with Crippen LogP contribution in [0.4, 0.5) is 11.4 Å². The zero-order chi connectivity index (χ0) is 16.5. The van der Waals surface area contributed by atoms with Gasteiger partial charge in [0.05, 0.1) is 0 Å². The van der Waals surface area contributed by atoms with Crippen molar-refractivity contribution in [3.8, 4) is 0 Å². The van der Waals surface area contributed by atoms with Gasteiger partial charge in [0, 0.05) is 5.69 Å². The molecular formula is C18H30N3+. The van der Waals surface area contributed by atoms with Crippen LogP contribution in [0.1, 0.15) is 33.3 Å². The molecule has 3 nitrogen and oxygen atoms in total. The van der Waals surface area contributed by atoms with Crippen LogP contribution in [0, 0.1) is 6.92 Å². The molecule has 0 aliphatic carbocycles. The molecule has 0 saturated carbocycles. The van der Waals surface area contributed by atoms with Crippen molar-refractivity contribution < 1.29 is 5.11 Å². The Balaban J connectivity index is 0. The van der Waals surface area contributed by atoms with Gasteiger partial charge < -0.3 is 5.73 Å². The fraction of sp³-hybridized carbons (Fsp3) is 0.333. The SMILES string of the molecule is CC.CC.C[NH+]=Nc1ccccc1.Cc1ccc(N)cc1. The summed E-state index contributed by atoms with van der Waals surface area (Å²) >= 11 is 0. The molecule has 3 heteroatoms. The van der Waals surface area contributed by atoms with Crippen molar-refractivity contribution in [2.75, 3.05) is 12.8 Å². The second-order valence-electron chi connectivity index (χ2n) is 3.58. The van der Waals surface area contributed by atoms with Crippen LogP contribution in [0.25, 0.3) is 0 Å².